The van der Waals surface area contributed by atoms with Crippen LogP contribution in [0.3, 0.4) is 0 Å². The Balaban J connectivity index is 1.41. The van der Waals surface area contributed by atoms with Gasteiger partial charge < -0.3 is 9.32 Å². The average molecular weight is 536 g/mol. The highest BCUT2D eigenvalue weighted by atomic mass is 16.3. The van der Waals surface area contributed by atoms with Gasteiger partial charge in [-0.05, 0) is 62.6 Å². The lowest BCUT2D eigenvalue weighted by atomic mass is 9.94. The number of benzene rings is 8. The first kappa shape index (κ1) is 23.1. The van der Waals surface area contributed by atoms with Crippen molar-refractivity contribution in [1.29, 1.82) is 0 Å². The first-order valence-corrected chi connectivity index (χ1v) is 14.4. The van der Waals surface area contributed by atoms with Gasteiger partial charge >= 0.3 is 0 Å². The van der Waals surface area contributed by atoms with Crippen molar-refractivity contribution in [2.24, 2.45) is 0 Å². The quantitative estimate of drug-likeness (QED) is 0.209. The summed E-state index contributed by atoms with van der Waals surface area (Å²) in [7, 11) is 0. The van der Waals surface area contributed by atoms with Crippen LogP contribution in [-0.4, -0.2) is 0 Å². The van der Waals surface area contributed by atoms with Crippen molar-refractivity contribution in [1.82, 2.24) is 0 Å². The first-order chi connectivity index (χ1) is 20.8. The van der Waals surface area contributed by atoms with Gasteiger partial charge in [-0.2, -0.15) is 0 Å². The molecule has 0 spiro atoms. The van der Waals surface area contributed by atoms with E-state index in [0.29, 0.717) is 0 Å². The predicted octanol–water partition coefficient (Wildman–Crippen LogP) is 11.7. The number of hydrogen-bond acceptors (Lipinski definition) is 2. The van der Waals surface area contributed by atoms with E-state index in [4.69, 9.17) is 4.42 Å². The molecule has 0 bridgehead atoms. The van der Waals surface area contributed by atoms with Crippen molar-refractivity contribution in [2.75, 3.05) is 4.90 Å². The number of furan rings is 1. The summed E-state index contributed by atoms with van der Waals surface area (Å²) in [6, 6.07) is 54.2. The maximum atomic E-state index is 6.84. The topological polar surface area (TPSA) is 16.4 Å². The van der Waals surface area contributed by atoms with Crippen molar-refractivity contribution in [3.05, 3.63) is 152 Å². The Morgan fingerprint density at radius 3 is 1.79 bits per heavy atom. The Morgan fingerprint density at radius 1 is 0.357 bits per heavy atom. The summed E-state index contributed by atoms with van der Waals surface area (Å²) >= 11 is 0. The van der Waals surface area contributed by atoms with Gasteiger partial charge in [-0.1, -0.05) is 121 Å². The summed E-state index contributed by atoms with van der Waals surface area (Å²) in [4.78, 5) is 2.36. The largest absolute Gasteiger partial charge is 0.453 e. The molecule has 0 saturated heterocycles. The van der Waals surface area contributed by atoms with Crippen LogP contribution in [0.2, 0.25) is 0 Å². The fourth-order valence-corrected chi connectivity index (χ4v) is 6.72. The minimum Gasteiger partial charge on any atom is -0.453 e. The van der Waals surface area contributed by atoms with E-state index >= 15 is 0 Å². The van der Waals surface area contributed by atoms with E-state index in [-0.39, 0.29) is 0 Å². The van der Waals surface area contributed by atoms with Crippen molar-refractivity contribution >= 4 is 82.1 Å². The van der Waals surface area contributed by atoms with Crippen LogP contribution in [0.15, 0.2) is 156 Å². The van der Waals surface area contributed by atoms with Crippen molar-refractivity contribution < 1.29 is 4.42 Å². The molecule has 0 fully saturated rings. The number of hydrogen-bond donors (Lipinski definition) is 0. The Hall–Kier alpha value is -5.60. The van der Waals surface area contributed by atoms with Crippen LogP contribution in [0.5, 0.6) is 0 Å². The van der Waals surface area contributed by atoms with E-state index in [1.54, 1.807) is 0 Å². The average Bonchev–Trinajstić information content (AvgIpc) is 3.45. The second-order valence-corrected chi connectivity index (χ2v) is 10.9. The van der Waals surface area contributed by atoms with Gasteiger partial charge in [0.1, 0.15) is 5.58 Å². The van der Waals surface area contributed by atoms with Crippen molar-refractivity contribution in [2.45, 2.75) is 0 Å². The second kappa shape index (κ2) is 8.95. The van der Waals surface area contributed by atoms with Gasteiger partial charge in [0.05, 0.1) is 11.4 Å². The van der Waals surface area contributed by atoms with Crippen LogP contribution in [0.4, 0.5) is 17.1 Å². The zero-order valence-electron chi connectivity index (χ0n) is 22.8. The SMILES string of the molecule is c1ccc(N(c2cc3ccc4ccccc4c3c3ccccc23)c2cccc3c2oc2c4ccccc4ccc32)cc1. The van der Waals surface area contributed by atoms with E-state index < -0.39 is 0 Å². The number of para-hydroxylation sites is 2. The molecule has 8 aromatic carbocycles. The highest BCUT2D eigenvalue weighted by molar-refractivity contribution is 6.24. The Morgan fingerprint density at radius 2 is 0.952 bits per heavy atom. The number of rotatable bonds is 3. The molecule has 9 aromatic rings. The molecule has 0 atom stereocenters. The molecule has 9 rings (SSSR count). The van der Waals surface area contributed by atoms with Crippen LogP contribution >= 0.6 is 0 Å². The molecule has 0 N–H and O–H groups in total. The van der Waals surface area contributed by atoms with E-state index in [1.807, 2.05) is 0 Å². The lowest BCUT2D eigenvalue weighted by molar-refractivity contribution is 0.673. The summed E-state index contributed by atoms with van der Waals surface area (Å²) in [5.74, 6) is 0. The van der Waals surface area contributed by atoms with Gasteiger partial charge in [-0.15, -0.1) is 0 Å². The van der Waals surface area contributed by atoms with Crippen LogP contribution in [-0.2, 0) is 0 Å². The highest BCUT2D eigenvalue weighted by Crippen LogP contribution is 2.47. The van der Waals surface area contributed by atoms with Gasteiger partial charge in [-0.25, -0.2) is 0 Å². The second-order valence-electron chi connectivity index (χ2n) is 10.9. The molecule has 0 aliphatic carbocycles. The minimum absolute atomic E-state index is 0.885. The molecule has 1 aromatic heterocycles. The van der Waals surface area contributed by atoms with Gasteiger partial charge in [0.2, 0.25) is 0 Å². The van der Waals surface area contributed by atoms with E-state index in [2.05, 4.69) is 157 Å². The summed E-state index contributed by atoms with van der Waals surface area (Å²) in [6.45, 7) is 0. The van der Waals surface area contributed by atoms with Crippen LogP contribution in [0.25, 0.3) is 65.0 Å². The minimum atomic E-state index is 0.885. The summed E-state index contributed by atoms with van der Waals surface area (Å²) in [5.41, 5.74) is 5.04. The molecule has 0 saturated carbocycles. The standard InChI is InChI=1S/C40H25NO/c1-2-13-29(14-3-1)41(36-20-10-19-34-35-24-23-27-12-5-7-16-31(27)39(35)42-40(34)36)37-25-28-22-21-26-11-4-6-15-30(26)38(28)33-18-9-8-17-32(33)37/h1-25H. The summed E-state index contributed by atoms with van der Waals surface area (Å²) < 4.78 is 6.84. The molecule has 2 nitrogen and oxygen atoms in total. The van der Waals surface area contributed by atoms with Crippen LogP contribution in [0, 0.1) is 0 Å². The van der Waals surface area contributed by atoms with Crippen LogP contribution in [0.1, 0.15) is 0 Å². The molecule has 1 heterocycles. The van der Waals surface area contributed by atoms with E-state index in [9.17, 15) is 0 Å². The lowest BCUT2D eigenvalue weighted by Crippen LogP contribution is -2.11. The molecule has 2 heteroatoms. The zero-order valence-corrected chi connectivity index (χ0v) is 22.8. The van der Waals surface area contributed by atoms with Crippen molar-refractivity contribution in [3.63, 3.8) is 0 Å². The Bertz CT molecular complexity index is 2470. The summed E-state index contributed by atoms with van der Waals surface area (Å²) in [5, 5.41) is 12.0. The van der Waals surface area contributed by atoms with Crippen molar-refractivity contribution in [3.8, 4) is 0 Å². The number of nitrogens with zero attached hydrogens (tertiary/aromatic N) is 1. The Kier molecular flexibility index (Phi) is 4.93. The van der Waals surface area contributed by atoms with Crippen LogP contribution < -0.4 is 4.90 Å². The normalized spacial score (nSPS) is 11.8. The van der Waals surface area contributed by atoms with Gasteiger partial charge in [0, 0.05) is 27.2 Å². The Labute approximate surface area is 242 Å². The monoisotopic (exact) mass is 535 g/mol. The maximum absolute atomic E-state index is 6.84. The molecule has 0 radical (unpaired) electrons. The van der Waals surface area contributed by atoms with Gasteiger partial charge in [-0.3, -0.25) is 0 Å². The highest BCUT2D eigenvalue weighted by Gasteiger charge is 2.22. The molecule has 0 amide bonds. The molecule has 0 unspecified atom stereocenters. The molecular formula is C40H25NO. The fraction of sp³-hybridized carbons (Fsp3) is 0. The van der Waals surface area contributed by atoms with Gasteiger partial charge in [0.15, 0.2) is 5.58 Å². The molecule has 0 aliphatic rings. The number of anilines is 3. The zero-order chi connectivity index (χ0) is 27.6. The summed E-state index contributed by atoms with van der Waals surface area (Å²) in [6.07, 6.45) is 0. The third-order valence-corrected chi connectivity index (χ3v) is 8.59. The fourth-order valence-electron chi connectivity index (χ4n) is 6.72. The van der Waals surface area contributed by atoms with Gasteiger partial charge in [0.25, 0.3) is 0 Å². The predicted molar refractivity (Wildman–Crippen MR) is 178 cm³/mol. The smallest absolute Gasteiger partial charge is 0.159 e. The molecule has 196 valence electrons. The third-order valence-electron chi connectivity index (χ3n) is 8.59. The third kappa shape index (κ3) is 3.33. The lowest BCUT2D eigenvalue weighted by Gasteiger charge is -2.27. The first-order valence-electron chi connectivity index (χ1n) is 14.4. The maximum Gasteiger partial charge on any atom is 0.159 e. The van der Waals surface area contributed by atoms with E-state index in [0.717, 1.165) is 44.4 Å². The molecule has 42 heavy (non-hydrogen) atoms. The molecular weight excluding hydrogens is 510 g/mol. The van der Waals surface area contributed by atoms with E-state index in [1.165, 1.54) is 37.7 Å². The molecule has 0 aliphatic heterocycles. The number of fused-ring (bicyclic) bond motifs is 10.